The second kappa shape index (κ2) is 4.39. The lowest BCUT2D eigenvalue weighted by Crippen LogP contribution is -2.09. The Bertz CT molecular complexity index is 316. The molecule has 0 aliphatic heterocycles. The van der Waals surface area contributed by atoms with E-state index in [4.69, 9.17) is 0 Å². The highest BCUT2D eigenvalue weighted by atomic mass is 19.2. The summed E-state index contributed by atoms with van der Waals surface area (Å²) < 4.78 is 51.0. The number of rotatable bonds is 3. The first-order valence-corrected chi connectivity index (χ1v) is 3.71. The summed E-state index contributed by atoms with van der Waals surface area (Å²) >= 11 is 0. The van der Waals surface area contributed by atoms with Gasteiger partial charge in [0.15, 0.2) is 23.3 Å². The van der Waals surface area contributed by atoms with Crippen molar-refractivity contribution >= 4 is 0 Å². The molecule has 0 fully saturated rings. The molecule has 2 nitrogen and oxygen atoms in total. The molecule has 0 aliphatic carbocycles. The fraction of sp³-hybridized carbons (Fsp3) is 0.250. The molecule has 1 aromatic rings. The average molecular weight is 209 g/mol. The SMILES string of the molecule is NOCCc1c(F)c(F)cc(F)c1F. The van der Waals surface area contributed by atoms with Crippen LogP contribution in [0.5, 0.6) is 0 Å². The predicted octanol–water partition coefficient (Wildman–Crippen LogP) is 1.68. The summed E-state index contributed by atoms with van der Waals surface area (Å²) in [5, 5.41) is 0. The normalized spacial score (nSPS) is 10.6. The zero-order valence-electron chi connectivity index (χ0n) is 6.99. The lowest BCUT2D eigenvalue weighted by Gasteiger charge is -2.05. The van der Waals surface area contributed by atoms with Crippen molar-refractivity contribution in [1.82, 2.24) is 0 Å². The minimum atomic E-state index is -1.43. The van der Waals surface area contributed by atoms with E-state index in [0.717, 1.165) is 0 Å². The second-order valence-corrected chi connectivity index (χ2v) is 2.57. The molecular formula is C8H7F4NO. The molecule has 6 heteroatoms. The maximum absolute atomic E-state index is 12.9. The molecule has 2 N–H and O–H groups in total. The van der Waals surface area contributed by atoms with Gasteiger partial charge in [0.25, 0.3) is 0 Å². The van der Waals surface area contributed by atoms with Gasteiger partial charge in [-0.1, -0.05) is 0 Å². The molecule has 0 heterocycles. The Balaban J connectivity index is 3.11. The standard InChI is InChI=1S/C8H7F4NO/c9-5-3-6(10)8(12)4(7(5)11)1-2-14-13/h3H,1-2,13H2. The highest BCUT2D eigenvalue weighted by Crippen LogP contribution is 2.19. The van der Waals surface area contributed by atoms with Crippen LogP contribution in [0.3, 0.4) is 0 Å². The van der Waals surface area contributed by atoms with E-state index in [0.29, 0.717) is 0 Å². The second-order valence-electron chi connectivity index (χ2n) is 2.57. The smallest absolute Gasteiger partial charge is 0.165 e. The first-order valence-electron chi connectivity index (χ1n) is 3.71. The van der Waals surface area contributed by atoms with Crippen LogP contribution >= 0.6 is 0 Å². The van der Waals surface area contributed by atoms with Crippen LogP contribution in [-0.2, 0) is 11.3 Å². The van der Waals surface area contributed by atoms with E-state index in [1.54, 1.807) is 0 Å². The van der Waals surface area contributed by atoms with Crippen molar-refractivity contribution in [1.29, 1.82) is 0 Å². The monoisotopic (exact) mass is 209 g/mol. The third-order valence-corrected chi connectivity index (χ3v) is 1.67. The summed E-state index contributed by atoms with van der Waals surface area (Å²) in [6.07, 6.45) is -0.331. The van der Waals surface area contributed by atoms with Gasteiger partial charge in [-0.15, -0.1) is 0 Å². The fourth-order valence-electron chi connectivity index (χ4n) is 1.00. The largest absolute Gasteiger partial charge is 0.304 e. The van der Waals surface area contributed by atoms with E-state index in [1.165, 1.54) is 0 Å². The lowest BCUT2D eigenvalue weighted by molar-refractivity contribution is 0.139. The molecule has 14 heavy (non-hydrogen) atoms. The summed E-state index contributed by atoms with van der Waals surface area (Å²) in [6.45, 7) is -0.225. The van der Waals surface area contributed by atoms with Crippen molar-refractivity contribution in [3.63, 3.8) is 0 Å². The van der Waals surface area contributed by atoms with Gasteiger partial charge in [0.2, 0.25) is 0 Å². The van der Waals surface area contributed by atoms with Gasteiger partial charge in [-0.25, -0.2) is 23.5 Å². The number of hydrogen-bond acceptors (Lipinski definition) is 2. The van der Waals surface area contributed by atoms with E-state index in [9.17, 15) is 17.6 Å². The zero-order chi connectivity index (χ0) is 10.7. The summed E-state index contributed by atoms with van der Waals surface area (Å²) in [5.41, 5.74) is -0.701. The van der Waals surface area contributed by atoms with Crippen LogP contribution in [0, 0.1) is 23.3 Å². The summed E-state index contributed by atoms with van der Waals surface area (Å²) in [5.74, 6) is -1.08. The van der Waals surface area contributed by atoms with Gasteiger partial charge in [0.05, 0.1) is 6.61 Å². The molecule has 1 aromatic carbocycles. The Hall–Kier alpha value is -1.14. The average Bonchev–Trinajstić information content (AvgIpc) is 2.15. The first-order chi connectivity index (χ1) is 6.57. The minimum Gasteiger partial charge on any atom is -0.304 e. The van der Waals surface area contributed by atoms with Crippen LogP contribution < -0.4 is 5.90 Å². The van der Waals surface area contributed by atoms with E-state index in [1.807, 2.05) is 0 Å². The molecule has 0 aromatic heterocycles. The lowest BCUT2D eigenvalue weighted by atomic mass is 10.1. The topological polar surface area (TPSA) is 35.2 Å². The van der Waals surface area contributed by atoms with Gasteiger partial charge in [0, 0.05) is 18.1 Å². The third-order valence-electron chi connectivity index (χ3n) is 1.67. The molecule has 78 valence electrons. The quantitative estimate of drug-likeness (QED) is 0.467. The van der Waals surface area contributed by atoms with Crippen LogP contribution in [0.25, 0.3) is 0 Å². The molecule has 1 rings (SSSR count). The maximum atomic E-state index is 12.9. The van der Waals surface area contributed by atoms with Crippen molar-refractivity contribution in [3.05, 3.63) is 34.9 Å². The van der Waals surface area contributed by atoms with Crippen LogP contribution in [0.1, 0.15) is 5.56 Å². The number of halogens is 4. The molecule has 0 saturated heterocycles. The Kier molecular flexibility index (Phi) is 3.43. The fourth-order valence-corrected chi connectivity index (χ4v) is 1.00. The molecule has 0 aliphatic rings. The van der Waals surface area contributed by atoms with Gasteiger partial charge in [0.1, 0.15) is 0 Å². The highest BCUT2D eigenvalue weighted by molar-refractivity contribution is 5.22. The van der Waals surface area contributed by atoms with Crippen molar-refractivity contribution in [2.75, 3.05) is 6.61 Å². The van der Waals surface area contributed by atoms with Crippen LogP contribution in [-0.4, -0.2) is 6.61 Å². The van der Waals surface area contributed by atoms with E-state index in [2.05, 4.69) is 10.7 Å². The number of benzene rings is 1. The molecular weight excluding hydrogens is 202 g/mol. The zero-order valence-corrected chi connectivity index (χ0v) is 6.99. The molecule has 0 bridgehead atoms. The minimum absolute atomic E-state index is 0.150. The van der Waals surface area contributed by atoms with Crippen molar-refractivity contribution in [2.24, 2.45) is 5.90 Å². The summed E-state index contributed by atoms with van der Waals surface area (Å²) in [6, 6.07) is 0.150. The van der Waals surface area contributed by atoms with Crippen molar-refractivity contribution < 1.29 is 22.4 Å². The summed E-state index contributed by atoms with van der Waals surface area (Å²) in [4.78, 5) is 4.06. The Morgan fingerprint density at radius 2 is 1.57 bits per heavy atom. The van der Waals surface area contributed by atoms with E-state index in [-0.39, 0.29) is 19.1 Å². The van der Waals surface area contributed by atoms with Gasteiger partial charge in [-0.05, 0) is 0 Å². The highest BCUT2D eigenvalue weighted by Gasteiger charge is 2.18. The first kappa shape index (κ1) is 10.9. The van der Waals surface area contributed by atoms with Gasteiger partial charge < -0.3 is 4.84 Å². The third kappa shape index (κ3) is 2.02. The molecule has 0 radical (unpaired) electrons. The maximum Gasteiger partial charge on any atom is 0.165 e. The number of nitrogens with two attached hydrogens (primary N) is 1. The Morgan fingerprint density at radius 3 is 2.00 bits per heavy atom. The summed E-state index contributed by atoms with van der Waals surface area (Å²) in [7, 11) is 0. The van der Waals surface area contributed by atoms with Crippen molar-refractivity contribution in [2.45, 2.75) is 6.42 Å². The van der Waals surface area contributed by atoms with Gasteiger partial charge >= 0.3 is 0 Å². The number of hydrogen-bond donors (Lipinski definition) is 1. The molecule has 0 atom stereocenters. The molecule has 0 unspecified atom stereocenters. The van der Waals surface area contributed by atoms with E-state index < -0.39 is 28.8 Å². The van der Waals surface area contributed by atoms with Gasteiger partial charge in [-0.3, -0.25) is 0 Å². The van der Waals surface area contributed by atoms with Crippen molar-refractivity contribution in [3.8, 4) is 0 Å². The van der Waals surface area contributed by atoms with Crippen LogP contribution in [0.15, 0.2) is 6.07 Å². The Labute approximate surface area is 77.2 Å². The molecule has 0 amide bonds. The molecule has 0 spiro atoms. The Morgan fingerprint density at radius 1 is 1.07 bits per heavy atom. The predicted molar refractivity (Wildman–Crippen MR) is 40.1 cm³/mol. The molecule has 0 saturated carbocycles. The van der Waals surface area contributed by atoms with E-state index >= 15 is 0 Å². The van der Waals surface area contributed by atoms with Crippen LogP contribution in [0.4, 0.5) is 17.6 Å². The van der Waals surface area contributed by atoms with Gasteiger partial charge in [-0.2, -0.15) is 0 Å². The van der Waals surface area contributed by atoms with Crippen LogP contribution in [0.2, 0.25) is 0 Å².